The van der Waals surface area contributed by atoms with Gasteiger partial charge >= 0.3 is 0 Å². The number of ether oxygens (including phenoxy) is 1. The molecule has 0 bridgehead atoms. The van der Waals surface area contributed by atoms with Gasteiger partial charge in [0.2, 0.25) is 11.8 Å². The van der Waals surface area contributed by atoms with Gasteiger partial charge in [0.05, 0.1) is 13.0 Å². The monoisotopic (exact) mass is 352 g/mol. The molecule has 0 saturated carbocycles. The van der Waals surface area contributed by atoms with Crippen molar-refractivity contribution in [1.29, 1.82) is 0 Å². The van der Waals surface area contributed by atoms with Crippen LogP contribution in [0.25, 0.3) is 0 Å². The fraction of sp³-hybridized carbons (Fsp3) is 0.333. The molecular formula is C21H24N2O3. The Kier molecular flexibility index (Phi) is 5.56. The van der Waals surface area contributed by atoms with Gasteiger partial charge in [-0.2, -0.15) is 0 Å². The number of carbonyl (C=O) groups is 2. The maximum Gasteiger partial charge on any atom is 0.228 e. The van der Waals surface area contributed by atoms with Gasteiger partial charge in [-0.1, -0.05) is 42.5 Å². The van der Waals surface area contributed by atoms with Crippen molar-refractivity contribution in [1.82, 2.24) is 9.80 Å². The van der Waals surface area contributed by atoms with E-state index in [1.807, 2.05) is 54.6 Å². The van der Waals surface area contributed by atoms with Crippen molar-refractivity contribution < 1.29 is 14.3 Å². The van der Waals surface area contributed by atoms with Gasteiger partial charge < -0.3 is 14.5 Å². The Morgan fingerprint density at radius 2 is 1.88 bits per heavy atom. The smallest absolute Gasteiger partial charge is 0.228 e. The average molecular weight is 352 g/mol. The minimum Gasteiger partial charge on any atom is -0.497 e. The van der Waals surface area contributed by atoms with Gasteiger partial charge in [-0.05, 0) is 23.3 Å². The Morgan fingerprint density at radius 3 is 2.62 bits per heavy atom. The van der Waals surface area contributed by atoms with E-state index in [4.69, 9.17) is 4.74 Å². The maximum atomic E-state index is 12.8. The first-order valence-corrected chi connectivity index (χ1v) is 8.76. The van der Waals surface area contributed by atoms with E-state index in [0.29, 0.717) is 19.6 Å². The summed E-state index contributed by atoms with van der Waals surface area (Å²) in [7, 11) is 3.41. The molecule has 0 radical (unpaired) electrons. The molecule has 1 unspecified atom stereocenters. The van der Waals surface area contributed by atoms with E-state index in [2.05, 4.69) is 0 Å². The van der Waals surface area contributed by atoms with Gasteiger partial charge in [-0.15, -0.1) is 0 Å². The molecule has 2 aromatic rings. The number of benzene rings is 2. The number of carbonyl (C=O) groups excluding carboxylic acids is 2. The Hall–Kier alpha value is -2.82. The first-order valence-electron chi connectivity index (χ1n) is 8.76. The molecule has 0 spiro atoms. The average Bonchev–Trinajstić information content (AvgIpc) is 3.02. The lowest BCUT2D eigenvalue weighted by Gasteiger charge is -2.22. The predicted molar refractivity (Wildman–Crippen MR) is 99.4 cm³/mol. The lowest BCUT2D eigenvalue weighted by atomic mass is 10.1. The van der Waals surface area contributed by atoms with Gasteiger partial charge in [0.1, 0.15) is 5.75 Å². The molecule has 1 fully saturated rings. The van der Waals surface area contributed by atoms with Crippen molar-refractivity contribution in [2.24, 2.45) is 5.92 Å². The summed E-state index contributed by atoms with van der Waals surface area (Å²) >= 11 is 0. The van der Waals surface area contributed by atoms with Crippen LogP contribution in [0.4, 0.5) is 0 Å². The molecule has 2 aromatic carbocycles. The number of amides is 2. The van der Waals surface area contributed by atoms with Crippen LogP contribution in [0.3, 0.4) is 0 Å². The van der Waals surface area contributed by atoms with Crippen molar-refractivity contribution >= 4 is 11.8 Å². The molecule has 3 rings (SSSR count). The molecule has 1 aliphatic rings. The lowest BCUT2D eigenvalue weighted by molar-refractivity contribution is -0.135. The second-order valence-electron chi connectivity index (χ2n) is 6.71. The largest absolute Gasteiger partial charge is 0.497 e. The topological polar surface area (TPSA) is 49.9 Å². The molecule has 0 aromatic heterocycles. The molecule has 2 amide bonds. The SMILES string of the molecule is COc1cccc(CN(C)C(=O)C2CC(=O)N(Cc3ccccc3)C2)c1. The fourth-order valence-electron chi connectivity index (χ4n) is 3.33. The van der Waals surface area contributed by atoms with Crippen LogP contribution in [0.1, 0.15) is 17.5 Å². The Labute approximate surface area is 154 Å². The first kappa shape index (κ1) is 18.0. The van der Waals surface area contributed by atoms with Crippen LogP contribution < -0.4 is 4.74 Å². The minimum atomic E-state index is -0.276. The summed E-state index contributed by atoms with van der Waals surface area (Å²) in [5.74, 6) is 0.550. The van der Waals surface area contributed by atoms with Gasteiger partial charge in [0.15, 0.2) is 0 Å². The van der Waals surface area contributed by atoms with Gasteiger partial charge in [-0.3, -0.25) is 9.59 Å². The van der Waals surface area contributed by atoms with E-state index in [-0.39, 0.29) is 24.2 Å². The summed E-state index contributed by atoms with van der Waals surface area (Å²) in [4.78, 5) is 28.5. The molecule has 1 heterocycles. The molecule has 1 atom stereocenters. The standard InChI is InChI=1S/C21H24N2O3/c1-22(13-17-9-6-10-19(11-17)26-2)21(25)18-12-20(24)23(15-18)14-16-7-4-3-5-8-16/h3-11,18H,12-15H2,1-2H3. The van der Waals surface area contributed by atoms with E-state index in [9.17, 15) is 9.59 Å². The Morgan fingerprint density at radius 1 is 1.15 bits per heavy atom. The third-order valence-electron chi connectivity index (χ3n) is 4.71. The number of hydrogen-bond donors (Lipinski definition) is 0. The van der Waals surface area contributed by atoms with Crippen molar-refractivity contribution in [3.63, 3.8) is 0 Å². The van der Waals surface area contributed by atoms with Crippen LogP contribution in [-0.4, -0.2) is 42.3 Å². The van der Waals surface area contributed by atoms with Crippen LogP contribution in [0.15, 0.2) is 54.6 Å². The molecule has 5 nitrogen and oxygen atoms in total. The highest BCUT2D eigenvalue weighted by Crippen LogP contribution is 2.23. The third kappa shape index (κ3) is 4.23. The van der Waals surface area contributed by atoms with E-state index in [1.54, 1.807) is 24.0 Å². The normalized spacial score (nSPS) is 16.6. The molecular weight excluding hydrogens is 328 g/mol. The summed E-state index contributed by atoms with van der Waals surface area (Å²) in [6.07, 6.45) is 0.286. The summed E-state index contributed by atoms with van der Waals surface area (Å²) in [5, 5.41) is 0. The van der Waals surface area contributed by atoms with E-state index in [0.717, 1.165) is 16.9 Å². The molecule has 1 aliphatic heterocycles. The summed E-state index contributed by atoms with van der Waals surface area (Å²) < 4.78 is 5.23. The van der Waals surface area contributed by atoms with Crippen LogP contribution >= 0.6 is 0 Å². The van der Waals surface area contributed by atoms with Gasteiger partial charge in [-0.25, -0.2) is 0 Å². The zero-order chi connectivity index (χ0) is 18.5. The molecule has 0 N–H and O–H groups in total. The van der Waals surface area contributed by atoms with Crippen molar-refractivity contribution in [2.45, 2.75) is 19.5 Å². The number of likely N-dealkylation sites (tertiary alicyclic amines) is 1. The van der Waals surface area contributed by atoms with Crippen molar-refractivity contribution in [3.8, 4) is 5.75 Å². The van der Waals surface area contributed by atoms with E-state index >= 15 is 0 Å². The van der Waals surface area contributed by atoms with Crippen molar-refractivity contribution in [3.05, 3.63) is 65.7 Å². The summed E-state index contributed by atoms with van der Waals surface area (Å²) in [6, 6.07) is 17.5. The van der Waals surface area contributed by atoms with Crippen molar-refractivity contribution in [2.75, 3.05) is 20.7 Å². The lowest BCUT2D eigenvalue weighted by Crippen LogP contribution is -2.34. The highest BCUT2D eigenvalue weighted by atomic mass is 16.5. The Balaban J connectivity index is 1.60. The third-order valence-corrected chi connectivity index (χ3v) is 4.71. The van der Waals surface area contributed by atoms with Gasteiger partial charge in [0, 0.05) is 33.1 Å². The van der Waals surface area contributed by atoms with Crippen LogP contribution in [0, 0.1) is 5.92 Å². The predicted octanol–water partition coefficient (Wildman–Crippen LogP) is 2.70. The first-order chi connectivity index (χ1) is 12.6. The van der Waals surface area contributed by atoms with E-state index < -0.39 is 0 Å². The quantitative estimate of drug-likeness (QED) is 0.803. The minimum absolute atomic E-state index is 0.0109. The summed E-state index contributed by atoms with van der Waals surface area (Å²) in [6.45, 7) is 1.54. The molecule has 1 saturated heterocycles. The number of rotatable bonds is 6. The van der Waals surface area contributed by atoms with Crippen LogP contribution in [0.5, 0.6) is 5.75 Å². The number of nitrogens with zero attached hydrogens (tertiary/aromatic N) is 2. The Bertz CT molecular complexity index is 776. The highest BCUT2D eigenvalue weighted by molar-refractivity contribution is 5.89. The zero-order valence-corrected chi connectivity index (χ0v) is 15.2. The van der Waals surface area contributed by atoms with Gasteiger partial charge in [0.25, 0.3) is 0 Å². The zero-order valence-electron chi connectivity index (χ0n) is 15.2. The number of hydrogen-bond acceptors (Lipinski definition) is 3. The highest BCUT2D eigenvalue weighted by Gasteiger charge is 2.35. The fourth-order valence-corrected chi connectivity index (χ4v) is 3.33. The summed E-state index contributed by atoms with van der Waals surface area (Å²) in [5.41, 5.74) is 2.09. The van der Waals surface area contributed by atoms with E-state index in [1.165, 1.54) is 0 Å². The van der Waals surface area contributed by atoms with Crippen LogP contribution in [-0.2, 0) is 22.7 Å². The molecule has 5 heteroatoms. The molecule has 26 heavy (non-hydrogen) atoms. The second kappa shape index (κ2) is 8.04. The molecule has 136 valence electrons. The maximum absolute atomic E-state index is 12.8. The second-order valence-corrected chi connectivity index (χ2v) is 6.71. The van der Waals surface area contributed by atoms with Crippen LogP contribution in [0.2, 0.25) is 0 Å². The molecule has 0 aliphatic carbocycles. The number of methoxy groups -OCH3 is 1.